The monoisotopic (exact) mass is 280 g/mol. The van der Waals surface area contributed by atoms with E-state index in [4.69, 9.17) is 0 Å². The zero-order valence-electron chi connectivity index (χ0n) is 12.3. The van der Waals surface area contributed by atoms with Crippen molar-refractivity contribution in [3.05, 3.63) is 30.4 Å². The molecule has 4 rings (SSSR count). The predicted molar refractivity (Wildman–Crippen MR) is 81.9 cm³/mol. The van der Waals surface area contributed by atoms with Crippen LogP contribution >= 0.6 is 0 Å². The summed E-state index contributed by atoms with van der Waals surface area (Å²) in [6.45, 7) is 2.16. The fourth-order valence-corrected chi connectivity index (χ4v) is 3.02. The first-order valence-electron chi connectivity index (χ1n) is 6.99. The zero-order valence-corrected chi connectivity index (χ0v) is 12.3. The molecule has 0 spiro atoms. The van der Waals surface area contributed by atoms with Crippen LogP contribution in [0.15, 0.2) is 24.8 Å². The number of nitrogens with one attached hydrogen (secondary N) is 1. The molecule has 0 saturated carbocycles. The first kappa shape index (κ1) is 12.1. The molecule has 4 heterocycles. The largest absolute Gasteiger partial charge is 0.339 e. The van der Waals surface area contributed by atoms with Crippen molar-refractivity contribution >= 4 is 21.9 Å². The van der Waals surface area contributed by atoms with Crippen LogP contribution in [0.5, 0.6) is 0 Å². The molecule has 0 aliphatic heterocycles. The van der Waals surface area contributed by atoms with E-state index in [0.717, 1.165) is 39.6 Å². The molecule has 4 aromatic heterocycles. The Labute approximate surface area is 121 Å². The molecule has 1 N–H and O–H groups in total. The highest BCUT2D eigenvalue weighted by Gasteiger charge is 2.17. The molecular formula is C15H16N6. The van der Waals surface area contributed by atoms with Crippen LogP contribution in [-0.2, 0) is 20.5 Å². The Hall–Kier alpha value is -2.63. The van der Waals surface area contributed by atoms with Gasteiger partial charge in [0.2, 0.25) is 0 Å². The summed E-state index contributed by atoms with van der Waals surface area (Å²) in [6.07, 6.45) is 8.55. The highest BCUT2D eigenvalue weighted by atomic mass is 15.3. The molecule has 0 aliphatic carbocycles. The van der Waals surface area contributed by atoms with E-state index in [1.54, 1.807) is 0 Å². The van der Waals surface area contributed by atoms with Gasteiger partial charge >= 0.3 is 0 Å². The van der Waals surface area contributed by atoms with Crippen LogP contribution in [-0.4, -0.2) is 29.5 Å². The van der Waals surface area contributed by atoms with Crippen molar-refractivity contribution in [2.45, 2.75) is 13.3 Å². The van der Waals surface area contributed by atoms with Crippen LogP contribution in [0.3, 0.4) is 0 Å². The minimum absolute atomic E-state index is 0.904. The molecule has 0 amide bonds. The van der Waals surface area contributed by atoms with Gasteiger partial charge in [-0.15, -0.1) is 0 Å². The summed E-state index contributed by atoms with van der Waals surface area (Å²) in [5, 5.41) is 10.8. The average molecular weight is 280 g/mol. The van der Waals surface area contributed by atoms with Gasteiger partial charge in [0.15, 0.2) is 0 Å². The quantitative estimate of drug-likeness (QED) is 0.613. The Morgan fingerprint density at radius 1 is 1.14 bits per heavy atom. The van der Waals surface area contributed by atoms with Gasteiger partial charge in [0.25, 0.3) is 0 Å². The van der Waals surface area contributed by atoms with Crippen molar-refractivity contribution in [2.24, 2.45) is 14.1 Å². The normalized spacial score (nSPS) is 11.8. The van der Waals surface area contributed by atoms with Crippen LogP contribution in [0.25, 0.3) is 33.2 Å². The molecule has 0 bridgehead atoms. The van der Waals surface area contributed by atoms with E-state index in [9.17, 15) is 0 Å². The minimum Gasteiger partial charge on any atom is -0.339 e. The second-order valence-electron chi connectivity index (χ2n) is 5.29. The van der Waals surface area contributed by atoms with E-state index in [-0.39, 0.29) is 0 Å². The number of aromatic amines is 1. The van der Waals surface area contributed by atoms with E-state index >= 15 is 0 Å². The molecule has 4 aromatic rings. The van der Waals surface area contributed by atoms with Crippen molar-refractivity contribution in [3.8, 4) is 11.3 Å². The third-order valence-corrected chi connectivity index (χ3v) is 3.97. The first-order chi connectivity index (χ1) is 10.2. The van der Waals surface area contributed by atoms with Crippen molar-refractivity contribution in [1.82, 2.24) is 29.5 Å². The van der Waals surface area contributed by atoms with Crippen LogP contribution in [0, 0.1) is 0 Å². The number of hydrogen-bond acceptors (Lipinski definition) is 3. The van der Waals surface area contributed by atoms with Gasteiger partial charge in [0.1, 0.15) is 5.65 Å². The van der Waals surface area contributed by atoms with Gasteiger partial charge in [-0.1, -0.05) is 6.92 Å². The highest BCUT2D eigenvalue weighted by molar-refractivity contribution is 6.06. The molecule has 0 fully saturated rings. The molecule has 21 heavy (non-hydrogen) atoms. The Morgan fingerprint density at radius 2 is 2.00 bits per heavy atom. The molecule has 0 aliphatic rings. The van der Waals surface area contributed by atoms with Crippen LogP contribution in [0.1, 0.15) is 12.5 Å². The number of H-pyrrole nitrogens is 1. The summed E-state index contributed by atoms with van der Waals surface area (Å²) >= 11 is 0. The maximum atomic E-state index is 4.55. The summed E-state index contributed by atoms with van der Waals surface area (Å²) in [7, 11) is 3.90. The van der Waals surface area contributed by atoms with Crippen molar-refractivity contribution < 1.29 is 0 Å². The predicted octanol–water partition coefficient (Wildman–Crippen LogP) is 2.41. The second-order valence-corrected chi connectivity index (χ2v) is 5.29. The topological polar surface area (TPSA) is 64.3 Å². The van der Waals surface area contributed by atoms with Gasteiger partial charge in [0.05, 0.1) is 23.6 Å². The van der Waals surface area contributed by atoms with Crippen LogP contribution in [0.2, 0.25) is 0 Å². The van der Waals surface area contributed by atoms with E-state index in [2.05, 4.69) is 27.1 Å². The SMILES string of the molecule is CCc1c(-c2cnn(C)c2)[nH]c2ncc3cnn(C)c3c12. The summed E-state index contributed by atoms with van der Waals surface area (Å²) in [5.74, 6) is 0. The van der Waals surface area contributed by atoms with Crippen LogP contribution in [0.4, 0.5) is 0 Å². The van der Waals surface area contributed by atoms with Gasteiger partial charge in [0, 0.05) is 42.8 Å². The third kappa shape index (κ3) is 1.62. The number of hydrogen-bond donors (Lipinski definition) is 1. The first-order valence-corrected chi connectivity index (χ1v) is 6.99. The lowest BCUT2D eigenvalue weighted by molar-refractivity contribution is 0.768. The molecule has 106 valence electrons. The van der Waals surface area contributed by atoms with Gasteiger partial charge in [-0.05, 0) is 12.0 Å². The van der Waals surface area contributed by atoms with Gasteiger partial charge in [-0.25, -0.2) is 4.98 Å². The number of rotatable bonds is 2. The maximum Gasteiger partial charge on any atom is 0.140 e. The van der Waals surface area contributed by atoms with E-state index in [1.807, 2.05) is 48.2 Å². The molecule has 6 heteroatoms. The van der Waals surface area contributed by atoms with Gasteiger partial charge < -0.3 is 4.98 Å². The number of aromatic nitrogens is 6. The molecular weight excluding hydrogens is 264 g/mol. The van der Waals surface area contributed by atoms with E-state index in [1.165, 1.54) is 5.56 Å². The maximum absolute atomic E-state index is 4.55. The Bertz CT molecular complexity index is 955. The highest BCUT2D eigenvalue weighted by Crippen LogP contribution is 2.33. The van der Waals surface area contributed by atoms with E-state index in [0.29, 0.717) is 0 Å². The summed E-state index contributed by atoms with van der Waals surface area (Å²) < 4.78 is 3.73. The number of nitrogens with zero attached hydrogens (tertiary/aromatic N) is 5. The lowest BCUT2D eigenvalue weighted by atomic mass is 10.1. The lowest BCUT2D eigenvalue weighted by Crippen LogP contribution is -1.91. The third-order valence-electron chi connectivity index (χ3n) is 3.97. The number of aryl methyl sites for hydroxylation is 3. The second kappa shape index (κ2) is 4.18. The number of fused-ring (bicyclic) bond motifs is 3. The number of pyridine rings is 1. The van der Waals surface area contributed by atoms with Gasteiger partial charge in [-0.2, -0.15) is 10.2 Å². The minimum atomic E-state index is 0.904. The van der Waals surface area contributed by atoms with Crippen LogP contribution < -0.4 is 0 Å². The molecule has 0 saturated heterocycles. The molecule has 0 aromatic carbocycles. The molecule has 0 atom stereocenters. The van der Waals surface area contributed by atoms with Crippen molar-refractivity contribution in [2.75, 3.05) is 0 Å². The Morgan fingerprint density at radius 3 is 2.71 bits per heavy atom. The lowest BCUT2D eigenvalue weighted by Gasteiger charge is -2.01. The van der Waals surface area contributed by atoms with E-state index < -0.39 is 0 Å². The zero-order chi connectivity index (χ0) is 14.6. The average Bonchev–Trinajstić information content (AvgIpc) is 3.15. The fourth-order valence-electron chi connectivity index (χ4n) is 3.02. The fraction of sp³-hybridized carbons (Fsp3) is 0.267. The summed E-state index contributed by atoms with van der Waals surface area (Å²) in [4.78, 5) is 8.00. The standard InChI is InChI=1S/C15H16N6/c1-4-11-12-14-9(6-18-21(14)3)5-16-15(12)19-13(11)10-7-17-20(2)8-10/h5-8H,4H2,1-3H3,(H,16,19). The van der Waals surface area contributed by atoms with Crippen molar-refractivity contribution in [1.29, 1.82) is 0 Å². The van der Waals surface area contributed by atoms with Crippen molar-refractivity contribution in [3.63, 3.8) is 0 Å². The summed E-state index contributed by atoms with van der Waals surface area (Å²) in [6, 6.07) is 0. The van der Waals surface area contributed by atoms with Gasteiger partial charge in [-0.3, -0.25) is 9.36 Å². The smallest absolute Gasteiger partial charge is 0.140 e. The molecule has 0 unspecified atom stereocenters. The molecule has 0 radical (unpaired) electrons. The molecule has 6 nitrogen and oxygen atoms in total. The summed E-state index contributed by atoms with van der Waals surface area (Å²) in [5.41, 5.74) is 5.48. The Kier molecular flexibility index (Phi) is 2.42. The Balaban J connectivity index is 2.14.